The molecule has 1 aromatic carbocycles. The first-order valence-corrected chi connectivity index (χ1v) is 17.3. The Morgan fingerprint density at radius 1 is 1.24 bits per heavy atom. The number of benzene rings is 1. The summed E-state index contributed by atoms with van der Waals surface area (Å²) in [5, 5.41) is 4.56. The van der Waals surface area contributed by atoms with Crippen molar-refractivity contribution < 1.29 is 4.21 Å². The number of halogens is 2. The Hall–Kier alpha value is -0.430. The van der Waals surface area contributed by atoms with Gasteiger partial charge < -0.3 is 4.90 Å². The molecule has 0 saturated carbocycles. The summed E-state index contributed by atoms with van der Waals surface area (Å²) in [6.07, 6.45) is 5.45. The average Bonchev–Trinajstić information content (AvgIpc) is 3.27. The van der Waals surface area contributed by atoms with Gasteiger partial charge in [-0.1, -0.05) is 24.3 Å². The van der Waals surface area contributed by atoms with Gasteiger partial charge in [0.2, 0.25) is 0 Å². The fourth-order valence-electron chi connectivity index (χ4n) is 4.96. The SMILES string of the molecule is CC(C)(C)S(=O)N[C@@H]1c2ccccc2CC12CCN(c1cnc3c(I)nn(PI)c3n1)CC2. The Labute approximate surface area is 225 Å². The highest BCUT2D eigenvalue weighted by molar-refractivity contribution is 14.2. The van der Waals surface area contributed by atoms with Crippen LogP contribution in [0.5, 0.6) is 0 Å². The Morgan fingerprint density at radius 2 is 1.97 bits per heavy atom. The second kappa shape index (κ2) is 9.22. The lowest BCUT2D eigenvalue weighted by molar-refractivity contribution is 0.177. The number of fused-ring (bicyclic) bond motifs is 2. The largest absolute Gasteiger partial charge is 0.355 e. The topological polar surface area (TPSA) is 75.9 Å². The summed E-state index contributed by atoms with van der Waals surface area (Å²) in [7, 11) is -1.12. The van der Waals surface area contributed by atoms with Crippen LogP contribution in [0.15, 0.2) is 30.5 Å². The molecular formula is C22H27I2N6OPS. The van der Waals surface area contributed by atoms with E-state index in [9.17, 15) is 4.21 Å². The fourth-order valence-corrected chi connectivity index (χ4v) is 8.09. The van der Waals surface area contributed by atoms with E-state index in [0.29, 0.717) is 6.37 Å². The van der Waals surface area contributed by atoms with Gasteiger partial charge in [0.1, 0.15) is 11.3 Å². The molecule has 3 heterocycles. The molecule has 3 atom stereocenters. The van der Waals surface area contributed by atoms with Gasteiger partial charge in [-0.05, 0) is 101 Å². The van der Waals surface area contributed by atoms with Crippen LogP contribution in [0.2, 0.25) is 0 Å². The first-order chi connectivity index (χ1) is 15.7. The second-order valence-electron chi connectivity index (χ2n) is 9.84. The maximum absolute atomic E-state index is 13.1. The summed E-state index contributed by atoms with van der Waals surface area (Å²) in [6.45, 7) is 7.91. The quantitative estimate of drug-likeness (QED) is 0.300. The van der Waals surface area contributed by atoms with Crippen molar-refractivity contribution in [3.05, 3.63) is 45.3 Å². The monoisotopic (exact) mass is 708 g/mol. The molecule has 2 unspecified atom stereocenters. The number of nitrogens with one attached hydrogen (secondary N) is 1. The first-order valence-electron chi connectivity index (χ1n) is 11.0. The second-order valence-corrected chi connectivity index (χ2v) is 14.9. The molecule has 3 aromatic rings. The molecule has 5 rings (SSSR count). The van der Waals surface area contributed by atoms with Crippen molar-refractivity contribution in [2.45, 2.75) is 50.8 Å². The molecular weight excluding hydrogens is 681 g/mol. The third-order valence-electron chi connectivity index (χ3n) is 6.79. The minimum Gasteiger partial charge on any atom is -0.355 e. The summed E-state index contributed by atoms with van der Waals surface area (Å²) >= 11 is 4.56. The summed E-state index contributed by atoms with van der Waals surface area (Å²) in [5.74, 6) is 0.919. The van der Waals surface area contributed by atoms with Crippen molar-refractivity contribution in [2.24, 2.45) is 5.41 Å². The summed E-state index contributed by atoms with van der Waals surface area (Å²) in [4.78, 5) is 12.0. The molecule has 0 amide bonds. The van der Waals surface area contributed by atoms with Gasteiger partial charge in [0.05, 0.1) is 34.3 Å². The predicted octanol–water partition coefficient (Wildman–Crippen LogP) is 5.16. The number of hydrogen-bond donors (Lipinski definition) is 1. The lowest BCUT2D eigenvalue weighted by Gasteiger charge is -2.44. The van der Waals surface area contributed by atoms with Gasteiger partial charge in [-0.25, -0.2) is 23.4 Å². The third-order valence-corrected chi connectivity index (χ3v) is 10.9. The van der Waals surface area contributed by atoms with Crippen molar-refractivity contribution in [3.8, 4) is 0 Å². The van der Waals surface area contributed by atoms with Crippen LogP contribution in [0, 0.1) is 9.12 Å². The van der Waals surface area contributed by atoms with Gasteiger partial charge >= 0.3 is 0 Å². The van der Waals surface area contributed by atoms with Crippen LogP contribution in [0.25, 0.3) is 11.2 Å². The zero-order valence-corrected chi connectivity index (χ0v) is 24.9. The van der Waals surface area contributed by atoms with Gasteiger partial charge in [0.25, 0.3) is 0 Å². The summed E-state index contributed by atoms with van der Waals surface area (Å²) in [5.41, 5.74) is 4.50. The molecule has 1 spiro atoms. The molecule has 1 aliphatic heterocycles. The van der Waals surface area contributed by atoms with Crippen molar-refractivity contribution in [1.82, 2.24) is 24.2 Å². The molecule has 7 nitrogen and oxygen atoms in total. The predicted molar refractivity (Wildman–Crippen MR) is 154 cm³/mol. The van der Waals surface area contributed by atoms with Crippen LogP contribution in [0.4, 0.5) is 5.82 Å². The number of nitrogens with zero attached hydrogens (tertiary/aromatic N) is 5. The highest BCUT2D eigenvalue weighted by Gasteiger charge is 2.48. The molecule has 176 valence electrons. The molecule has 1 fully saturated rings. The third kappa shape index (κ3) is 4.47. The molecule has 1 N–H and O–H groups in total. The van der Waals surface area contributed by atoms with Gasteiger partial charge in [-0.15, -0.1) is 0 Å². The van der Waals surface area contributed by atoms with Crippen LogP contribution in [0.1, 0.15) is 50.8 Å². The summed E-state index contributed by atoms with van der Waals surface area (Å²) < 4.78 is 19.2. The minimum atomic E-state index is -1.12. The van der Waals surface area contributed by atoms with Crippen LogP contribution >= 0.6 is 51.0 Å². The zero-order chi connectivity index (χ0) is 23.4. The number of hydrogen-bond acceptors (Lipinski definition) is 5. The molecule has 0 bridgehead atoms. The standard InChI is InChI=1S/C22H27I2N6OPS/c1-21(2,3)33(31)28-18-15-7-5-4-6-14(15)12-22(18)8-10-29(11-9-22)16-13-25-17-19(23)27-30(32-24)20(17)26-16/h4-7,13,18,28,32H,8-12H2,1-3H3/t18-,33?/m1/s1. The summed E-state index contributed by atoms with van der Waals surface area (Å²) in [6, 6.07) is 8.77. The molecule has 1 aliphatic carbocycles. The highest BCUT2D eigenvalue weighted by atomic mass is 127. The smallest absolute Gasteiger partial charge is 0.183 e. The lowest BCUT2D eigenvalue weighted by atomic mass is 9.73. The Morgan fingerprint density at radius 3 is 2.67 bits per heavy atom. The van der Waals surface area contributed by atoms with Gasteiger partial charge in [-0.2, -0.15) is 5.10 Å². The maximum atomic E-state index is 13.1. The Balaban J connectivity index is 1.40. The van der Waals surface area contributed by atoms with Crippen LogP contribution in [-0.4, -0.2) is 41.6 Å². The maximum Gasteiger partial charge on any atom is 0.183 e. The molecule has 33 heavy (non-hydrogen) atoms. The lowest BCUT2D eigenvalue weighted by Crippen LogP contribution is -2.48. The van der Waals surface area contributed by atoms with Crippen molar-refractivity contribution in [1.29, 1.82) is 0 Å². The van der Waals surface area contributed by atoms with E-state index in [4.69, 9.17) is 4.98 Å². The Kier molecular flexibility index (Phi) is 6.78. The molecule has 0 radical (unpaired) electrons. The average molecular weight is 708 g/mol. The van der Waals surface area contributed by atoms with Crippen molar-refractivity contribution in [3.63, 3.8) is 0 Å². The van der Waals surface area contributed by atoms with E-state index in [0.717, 1.165) is 53.0 Å². The normalized spacial score (nSPS) is 21.4. The van der Waals surface area contributed by atoms with Gasteiger partial charge in [0, 0.05) is 13.1 Å². The van der Waals surface area contributed by atoms with E-state index in [-0.39, 0.29) is 16.2 Å². The van der Waals surface area contributed by atoms with Crippen molar-refractivity contribution in [2.75, 3.05) is 18.0 Å². The number of rotatable bonds is 4. The van der Waals surface area contributed by atoms with Crippen LogP contribution in [-0.2, 0) is 17.4 Å². The number of anilines is 1. The van der Waals surface area contributed by atoms with E-state index < -0.39 is 11.0 Å². The van der Waals surface area contributed by atoms with E-state index >= 15 is 0 Å². The first kappa shape index (κ1) is 24.3. The van der Waals surface area contributed by atoms with Crippen molar-refractivity contribution >= 4 is 79.0 Å². The Bertz CT molecular complexity index is 1220. The van der Waals surface area contributed by atoms with Crippen LogP contribution < -0.4 is 9.62 Å². The highest BCUT2D eigenvalue weighted by Crippen LogP contribution is 2.52. The fraction of sp³-hybridized carbons (Fsp3) is 0.500. The van der Waals surface area contributed by atoms with Crippen LogP contribution in [0.3, 0.4) is 0 Å². The van der Waals surface area contributed by atoms with E-state index in [1.807, 2.05) is 31.4 Å². The molecule has 2 aromatic heterocycles. The van der Waals surface area contributed by atoms with E-state index in [1.165, 1.54) is 11.1 Å². The van der Waals surface area contributed by atoms with Gasteiger partial charge in [0.15, 0.2) is 9.35 Å². The molecule has 2 aliphatic rings. The van der Waals surface area contributed by atoms with E-state index in [1.54, 1.807) is 0 Å². The molecule has 1 saturated heterocycles. The van der Waals surface area contributed by atoms with E-state index in [2.05, 4.69) is 88.6 Å². The number of aromatic nitrogens is 4. The number of piperidine rings is 1. The minimum absolute atomic E-state index is 0.0688. The zero-order valence-electron chi connectivity index (χ0n) is 18.8. The molecule has 11 heteroatoms. The van der Waals surface area contributed by atoms with Gasteiger partial charge in [-0.3, -0.25) is 0 Å².